The Labute approximate surface area is 200 Å². The molecule has 0 saturated carbocycles. The number of nitrogens with zero attached hydrogens (tertiary/aromatic N) is 4. The van der Waals surface area contributed by atoms with Crippen LogP contribution < -0.4 is 10.6 Å². The van der Waals surface area contributed by atoms with Crippen LogP contribution in [0.4, 0.5) is 10.3 Å². The highest BCUT2D eigenvalue weighted by Gasteiger charge is 2.24. The zero-order valence-corrected chi connectivity index (χ0v) is 20.1. The second kappa shape index (κ2) is 12.9. The minimum Gasteiger partial charge on any atom is -0.461 e. The van der Waals surface area contributed by atoms with Crippen LogP contribution in [0.15, 0.2) is 21.1 Å². The van der Waals surface area contributed by atoms with Gasteiger partial charge in [0, 0.05) is 10.8 Å². The topological polar surface area (TPSA) is 180 Å². The zero-order valence-electron chi connectivity index (χ0n) is 18.4. The first-order valence-electron chi connectivity index (χ1n) is 9.45. The van der Waals surface area contributed by atoms with Gasteiger partial charge in [-0.15, -0.1) is 22.7 Å². The minimum atomic E-state index is -1.05. The summed E-state index contributed by atoms with van der Waals surface area (Å²) < 4.78 is 9.76. The lowest BCUT2D eigenvalue weighted by molar-refractivity contribution is -0.136. The fourth-order valence-corrected chi connectivity index (χ4v) is 3.53. The summed E-state index contributed by atoms with van der Waals surface area (Å²) in [5.41, 5.74) is -0.212. The van der Waals surface area contributed by atoms with E-state index < -0.39 is 23.8 Å². The maximum Gasteiger partial charge on any atom is 0.362 e. The van der Waals surface area contributed by atoms with Crippen LogP contribution in [-0.2, 0) is 38.3 Å². The Bertz CT molecular complexity index is 1020. The Balaban J connectivity index is 2.06. The second-order valence-corrected chi connectivity index (χ2v) is 7.39. The van der Waals surface area contributed by atoms with E-state index in [-0.39, 0.29) is 46.3 Å². The van der Waals surface area contributed by atoms with E-state index in [0.717, 1.165) is 22.7 Å². The van der Waals surface area contributed by atoms with Crippen molar-refractivity contribution < 1.29 is 38.3 Å². The Kier molecular flexibility index (Phi) is 10.0. The molecule has 182 valence electrons. The van der Waals surface area contributed by atoms with Gasteiger partial charge in [-0.3, -0.25) is 20.2 Å². The number of ether oxygens (including phenoxy) is 2. The van der Waals surface area contributed by atoms with Crippen LogP contribution in [0.5, 0.6) is 0 Å². The lowest BCUT2D eigenvalue weighted by Gasteiger charge is -2.03. The van der Waals surface area contributed by atoms with Crippen molar-refractivity contribution in [2.75, 3.05) is 38.1 Å². The molecule has 0 saturated heterocycles. The molecular formula is C18H20N6O8S2. The number of carbonyl (C=O) groups excluding carboxylic acids is 4. The molecule has 0 radical (unpaired) electrons. The normalized spacial score (nSPS) is 11.4. The van der Waals surface area contributed by atoms with Gasteiger partial charge in [-0.05, 0) is 13.8 Å². The first-order valence-corrected chi connectivity index (χ1v) is 11.2. The van der Waals surface area contributed by atoms with Crippen LogP contribution in [0.25, 0.3) is 0 Å². The first kappa shape index (κ1) is 26.3. The van der Waals surface area contributed by atoms with Gasteiger partial charge < -0.3 is 19.1 Å². The summed E-state index contributed by atoms with van der Waals surface area (Å²) in [4.78, 5) is 65.8. The van der Waals surface area contributed by atoms with Crippen LogP contribution in [0.2, 0.25) is 0 Å². The van der Waals surface area contributed by atoms with Crippen molar-refractivity contribution in [2.45, 2.75) is 13.8 Å². The number of nitrogens with one attached hydrogen (secondary N) is 2. The van der Waals surface area contributed by atoms with Crippen LogP contribution in [0.1, 0.15) is 25.2 Å². The number of oxime groups is 2. The summed E-state index contributed by atoms with van der Waals surface area (Å²) in [7, 11) is 2.50. The number of thiazole rings is 2. The lowest BCUT2D eigenvalue weighted by Crippen LogP contribution is -2.29. The number of esters is 2. The predicted octanol–water partition coefficient (Wildman–Crippen LogP) is 1.00. The number of hydrogen-bond acceptors (Lipinski definition) is 14. The van der Waals surface area contributed by atoms with Gasteiger partial charge in [-0.2, -0.15) is 0 Å². The molecule has 0 aliphatic rings. The summed E-state index contributed by atoms with van der Waals surface area (Å²) in [6.45, 7) is 3.49. The average Bonchev–Trinajstić information content (AvgIpc) is 3.45. The van der Waals surface area contributed by atoms with Crippen LogP contribution in [-0.4, -0.2) is 72.6 Å². The molecule has 2 aromatic heterocycles. The van der Waals surface area contributed by atoms with Gasteiger partial charge in [0.1, 0.15) is 25.6 Å². The molecule has 16 heteroatoms. The molecule has 0 atom stereocenters. The van der Waals surface area contributed by atoms with Crippen LogP contribution in [0, 0.1) is 0 Å². The molecule has 0 aliphatic carbocycles. The summed E-state index contributed by atoms with van der Waals surface area (Å²) in [6.07, 6.45) is 0. The molecule has 2 N–H and O–H groups in total. The van der Waals surface area contributed by atoms with E-state index in [1.165, 1.54) is 25.0 Å². The number of aromatic nitrogens is 2. The lowest BCUT2D eigenvalue weighted by atomic mass is 10.3. The number of carbonyl (C=O) groups is 4. The van der Waals surface area contributed by atoms with Crippen molar-refractivity contribution in [3.63, 3.8) is 0 Å². The first-order chi connectivity index (χ1) is 16.3. The smallest absolute Gasteiger partial charge is 0.362 e. The van der Waals surface area contributed by atoms with Gasteiger partial charge in [0.15, 0.2) is 10.3 Å². The maximum absolute atomic E-state index is 12.3. The van der Waals surface area contributed by atoms with Gasteiger partial charge in [0.25, 0.3) is 0 Å². The summed E-state index contributed by atoms with van der Waals surface area (Å²) in [5, 5.41) is 14.7. The Morgan fingerprint density at radius 1 is 0.794 bits per heavy atom. The zero-order chi connectivity index (χ0) is 25.1. The van der Waals surface area contributed by atoms with Crippen LogP contribution in [0.3, 0.4) is 0 Å². The van der Waals surface area contributed by atoms with E-state index >= 15 is 0 Å². The number of rotatable bonds is 10. The highest BCUT2D eigenvalue weighted by molar-refractivity contribution is 7.14. The maximum atomic E-state index is 12.3. The standard InChI is InChI=1S/C18H20N6O8S2/c1-5-31-15(27)11(23-29-3)9-7-33-17(19-9)21-13(25)14(26)22-18-20-10(8-34-18)12(24-30-4)16(28)32-6-2/h7-8H,5-6H2,1-4H3,(H,19,21,25)(H,20,22,26). The molecule has 0 fully saturated rings. The largest absolute Gasteiger partial charge is 0.461 e. The molecule has 2 aromatic rings. The molecular weight excluding hydrogens is 492 g/mol. The van der Waals surface area contributed by atoms with Crippen molar-refractivity contribution in [3.8, 4) is 0 Å². The summed E-state index contributed by atoms with van der Waals surface area (Å²) in [6, 6.07) is 0. The molecule has 0 aliphatic heterocycles. The molecule has 0 unspecified atom stereocenters. The Morgan fingerprint density at radius 3 is 1.50 bits per heavy atom. The summed E-state index contributed by atoms with van der Waals surface area (Å²) in [5.74, 6) is -3.61. The van der Waals surface area contributed by atoms with Crippen molar-refractivity contribution in [1.82, 2.24) is 9.97 Å². The molecule has 0 bridgehead atoms. The fourth-order valence-electron chi connectivity index (χ4n) is 2.15. The number of hydrogen-bond donors (Lipinski definition) is 2. The van der Waals surface area contributed by atoms with E-state index in [9.17, 15) is 19.2 Å². The predicted molar refractivity (Wildman–Crippen MR) is 122 cm³/mol. The molecule has 0 spiro atoms. The van der Waals surface area contributed by atoms with Crippen LogP contribution >= 0.6 is 22.7 Å². The van der Waals surface area contributed by atoms with Crippen molar-refractivity contribution >= 4 is 68.1 Å². The molecule has 14 nitrogen and oxygen atoms in total. The van der Waals surface area contributed by atoms with E-state index in [0.29, 0.717) is 0 Å². The highest BCUT2D eigenvalue weighted by Crippen LogP contribution is 2.19. The van der Waals surface area contributed by atoms with Gasteiger partial charge in [0.05, 0.1) is 13.2 Å². The molecule has 2 heterocycles. The van der Waals surface area contributed by atoms with Crippen molar-refractivity contribution in [2.24, 2.45) is 10.3 Å². The van der Waals surface area contributed by atoms with Gasteiger partial charge in [-0.1, -0.05) is 10.3 Å². The monoisotopic (exact) mass is 512 g/mol. The average molecular weight is 513 g/mol. The quantitative estimate of drug-likeness (QED) is 0.202. The third-order valence-electron chi connectivity index (χ3n) is 3.44. The minimum absolute atomic E-state index is 0.0277. The number of anilines is 2. The highest BCUT2D eigenvalue weighted by atomic mass is 32.1. The fraction of sp³-hybridized carbons (Fsp3) is 0.333. The van der Waals surface area contributed by atoms with E-state index in [1.807, 2.05) is 0 Å². The van der Waals surface area contributed by atoms with Gasteiger partial charge in [-0.25, -0.2) is 19.6 Å². The molecule has 2 rings (SSSR count). The van der Waals surface area contributed by atoms with E-state index in [4.69, 9.17) is 9.47 Å². The third-order valence-corrected chi connectivity index (χ3v) is 4.96. The number of amides is 2. The summed E-state index contributed by atoms with van der Waals surface area (Å²) >= 11 is 1.90. The molecule has 0 aromatic carbocycles. The third kappa shape index (κ3) is 7.04. The van der Waals surface area contributed by atoms with E-state index in [2.05, 4.69) is 40.6 Å². The van der Waals surface area contributed by atoms with E-state index in [1.54, 1.807) is 13.8 Å². The van der Waals surface area contributed by atoms with Crippen molar-refractivity contribution in [1.29, 1.82) is 0 Å². The Hall–Kier alpha value is -3.92. The SMILES string of the molecule is CCOC(=O)C(=NOC)c1csc(NC(=O)C(=O)Nc2nc(C(=NOC)C(=O)OCC)cs2)n1. The second-order valence-electron chi connectivity index (χ2n) is 5.67. The Morgan fingerprint density at radius 2 is 1.18 bits per heavy atom. The van der Waals surface area contributed by atoms with Gasteiger partial charge in [0.2, 0.25) is 11.4 Å². The molecule has 34 heavy (non-hydrogen) atoms. The van der Waals surface area contributed by atoms with Crippen molar-refractivity contribution in [3.05, 3.63) is 22.1 Å². The van der Waals surface area contributed by atoms with Gasteiger partial charge >= 0.3 is 23.8 Å². The molecule has 2 amide bonds.